The van der Waals surface area contributed by atoms with E-state index in [9.17, 15) is 8.42 Å². The van der Waals surface area contributed by atoms with E-state index in [0.717, 1.165) is 18.1 Å². The van der Waals surface area contributed by atoms with Gasteiger partial charge in [0.2, 0.25) is 0 Å². The van der Waals surface area contributed by atoms with E-state index in [2.05, 4.69) is 42.6 Å². The fraction of sp³-hybridized carbons (Fsp3) is 0.263. The molecule has 0 amide bonds. The Kier molecular flexibility index (Phi) is 5.29. The molecule has 0 aliphatic carbocycles. The van der Waals surface area contributed by atoms with E-state index in [0.29, 0.717) is 40.3 Å². The maximum Gasteiger partial charge on any atom is 0.265 e. The molecular weight excluding hydrogens is 408 g/mol. The van der Waals surface area contributed by atoms with Gasteiger partial charge in [-0.15, -0.1) is 0 Å². The van der Waals surface area contributed by atoms with Gasteiger partial charge in [-0.05, 0) is 36.6 Å². The molecule has 29 heavy (non-hydrogen) atoms. The Balaban J connectivity index is 1.74. The Labute approximate surface area is 172 Å². The maximum absolute atomic E-state index is 13.1. The zero-order valence-electron chi connectivity index (χ0n) is 16.0. The summed E-state index contributed by atoms with van der Waals surface area (Å²) in [6.07, 6.45) is 0.921. The second-order valence-electron chi connectivity index (χ2n) is 7.01. The summed E-state index contributed by atoms with van der Waals surface area (Å²) in [6.45, 7) is 4.91. The summed E-state index contributed by atoms with van der Waals surface area (Å²) < 4.78 is 37.1. The number of anilines is 2. The molecule has 150 valence electrons. The van der Waals surface area contributed by atoms with Crippen molar-refractivity contribution >= 4 is 55.5 Å². The smallest absolute Gasteiger partial charge is 0.265 e. The molecule has 0 saturated heterocycles. The lowest BCUT2D eigenvalue weighted by molar-refractivity contribution is 0.601. The van der Waals surface area contributed by atoms with Crippen molar-refractivity contribution < 1.29 is 8.42 Å². The standard InChI is InChI=1S/C19H20N6O2S2/c1-12(2)10-11-20-18-19(22-14-7-4-3-6-13(14)21-18)25-29(26,27)16-9-5-8-15-17(16)24-28-23-15/h3-9,12H,10-11H2,1-2H3,(H,20,21)(H,22,25). The molecule has 8 nitrogen and oxygen atoms in total. The first kappa shape index (κ1) is 19.5. The first-order chi connectivity index (χ1) is 13.9. The average Bonchev–Trinajstić information content (AvgIpc) is 3.16. The normalized spacial score (nSPS) is 12.0. The van der Waals surface area contributed by atoms with Crippen molar-refractivity contribution in [2.75, 3.05) is 16.6 Å². The van der Waals surface area contributed by atoms with Gasteiger partial charge in [0.25, 0.3) is 10.0 Å². The Morgan fingerprint density at radius 1 is 0.931 bits per heavy atom. The molecule has 0 spiro atoms. The largest absolute Gasteiger partial charge is 0.367 e. The Morgan fingerprint density at radius 2 is 1.62 bits per heavy atom. The Bertz CT molecular complexity index is 1270. The van der Waals surface area contributed by atoms with Crippen molar-refractivity contribution in [2.45, 2.75) is 25.2 Å². The van der Waals surface area contributed by atoms with E-state index < -0.39 is 10.0 Å². The van der Waals surface area contributed by atoms with Crippen LogP contribution in [0.4, 0.5) is 11.6 Å². The van der Waals surface area contributed by atoms with E-state index >= 15 is 0 Å². The van der Waals surface area contributed by atoms with Crippen LogP contribution in [0.1, 0.15) is 20.3 Å². The molecule has 4 aromatic rings. The minimum Gasteiger partial charge on any atom is -0.367 e. The summed E-state index contributed by atoms with van der Waals surface area (Å²) in [5.41, 5.74) is 2.17. The number of hydrogen-bond donors (Lipinski definition) is 2. The van der Waals surface area contributed by atoms with Crippen LogP contribution in [-0.2, 0) is 10.0 Å². The van der Waals surface area contributed by atoms with Crippen LogP contribution < -0.4 is 10.0 Å². The van der Waals surface area contributed by atoms with Gasteiger partial charge in [0.15, 0.2) is 11.6 Å². The quantitative estimate of drug-likeness (QED) is 0.459. The van der Waals surface area contributed by atoms with Gasteiger partial charge in [-0.2, -0.15) is 8.75 Å². The Hall–Kier alpha value is -2.85. The number of nitrogens with zero attached hydrogens (tertiary/aromatic N) is 4. The van der Waals surface area contributed by atoms with E-state index in [1.807, 2.05) is 18.2 Å². The SMILES string of the molecule is CC(C)CCNc1nc2ccccc2nc1NS(=O)(=O)c1cccc2nsnc12. The Morgan fingerprint density at radius 3 is 2.34 bits per heavy atom. The molecule has 2 N–H and O–H groups in total. The highest BCUT2D eigenvalue weighted by Crippen LogP contribution is 2.27. The number of nitrogens with one attached hydrogen (secondary N) is 2. The van der Waals surface area contributed by atoms with E-state index in [1.54, 1.807) is 18.2 Å². The van der Waals surface area contributed by atoms with Crippen molar-refractivity contribution in [3.05, 3.63) is 42.5 Å². The number of rotatable bonds is 7. The van der Waals surface area contributed by atoms with Crippen LogP contribution in [0.5, 0.6) is 0 Å². The highest BCUT2D eigenvalue weighted by molar-refractivity contribution is 7.93. The molecule has 0 aliphatic heterocycles. The lowest BCUT2D eigenvalue weighted by Gasteiger charge is -2.14. The minimum atomic E-state index is -3.93. The van der Waals surface area contributed by atoms with Crippen molar-refractivity contribution in [3.63, 3.8) is 0 Å². The summed E-state index contributed by atoms with van der Waals surface area (Å²) in [4.78, 5) is 9.14. The summed E-state index contributed by atoms with van der Waals surface area (Å²) in [6, 6.07) is 12.2. The molecule has 0 radical (unpaired) electrons. The van der Waals surface area contributed by atoms with Crippen molar-refractivity contribution in [1.29, 1.82) is 0 Å². The van der Waals surface area contributed by atoms with E-state index in [1.165, 1.54) is 6.07 Å². The molecule has 10 heteroatoms. The van der Waals surface area contributed by atoms with Gasteiger partial charge in [0.1, 0.15) is 15.9 Å². The third kappa shape index (κ3) is 4.13. The van der Waals surface area contributed by atoms with Crippen molar-refractivity contribution in [1.82, 2.24) is 18.7 Å². The second kappa shape index (κ2) is 7.88. The molecular formula is C19H20N6O2S2. The molecule has 0 atom stereocenters. The summed E-state index contributed by atoms with van der Waals surface area (Å²) in [5.74, 6) is 1.06. The number of aromatic nitrogens is 4. The summed E-state index contributed by atoms with van der Waals surface area (Å²) >= 11 is 0.976. The molecule has 0 aliphatic rings. The first-order valence-corrected chi connectivity index (χ1v) is 11.4. The third-order valence-corrected chi connectivity index (χ3v) is 6.27. The number of hydrogen-bond acceptors (Lipinski definition) is 8. The first-order valence-electron chi connectivity index (χ1n) is 9.19. The molecule has 0 bridgehead atoms. The molecule has 0 saturated carbocycles. The molecule has 2 aromatic heterocycles. The molecule has 2 aromatic carbocycles. The van der Waals surface area contributed by atoms with Crippen molar-refractivity contribution in [2.24, 2.45) is 5.92 Å². The fourth-order valence-electron chi connectivity index (χ4n) is 2.85. The van der Waals surface area contributed by atoms with Crippen LogP contribution in [0.3, 0.4) is 0 Å². The van der Waals surface area contributed by atoms with Gasteiger partial charge in [0, 0.05) is 6.54 Å². The van der Waals surface area contributed by atoms with Crippen LogP contribution in [0.15, 0.2) is 47.4 Å². The van der Waals surface area contributed by atoms with Gasteiger partial charge < -0.3 is 5.32 Å². The summed E-state index contributed by atoms with van der Waals surface area (Å²) in [5, 5.41) is 3.22. The van der Waals surface area contributed by atoms with Gasteiger partial charge in [-0.3, -0.25) is 4.72 Å². The van der Waals surface area contributed by atoms with Gasteiger partial charge in [-0.1, -0.05) is 32.0 Å². The predicted molar refractivity (Wildman–Crippen MR) is 116 cm³/mol. The number of benzene rings is 2. The lowest BCUT2D eigenvalue weighted by atomic mass is 10.1. The van der Waals surface area contributed by atoms with E-state index in [4.69, 9.17) is 0 Å². The van der Waals surface area contributed by atoms with Crippen LogP contribution in [0.25, 0.3) is 22.1 Å². The highest BCUT2D eigenvalue weighted by Gasteiger charge is 2.22. The van der Waals surface area contributed by atoms with Crippen molar-refractivity contribution in [3.8, 4) is 0 Å². The van der Waals surface area contributed by atoms with Gasteiger partial charge >= 0.3 is 0 Å². The highest BCUT2D eigenvalue weighted by atomic mass is 32.2. The number of para-hydroxylation sites is 2. The maximum atomic E-state index is 13.1. The van der Waals surface area contributed by atoms with E-state index in [-0.39, 0.29) is 10.7 Å². The number of fused-ring (bicyclic) bond motifs is 2. The minimum absolute atomic E-state index is 0.0619. The van der Waals surface area contributed by atoms with Gasteiger partial charge in [0.05, 0.1) is 22.8 Å². The molecule has 0 fully saturated rings. The second-order valence-corrected chi connectivity index (χ2v) is 9.19. The summed E-state index contributed by atoms with van der Waals surface area (Å²) in [7, 11) is -3.93. The predicted octanol–water partition coefficient (Wildman–Crippen LogP) is 3.89. The zero-order valence-corrected chi connectivity index (χ0v) is 17.6. The molecule has 4 rings (SSSR count). The lowest BCUT2D eigenvalue weighted by Crippen LogP contribution is -2.17. The van der Waals surface area contributed by atoms with Crippen LogP contribution in [0, 0.1) is 5.92 Å². The van der Waals surface area contributed by atoms with Gasteiger partial charge in [-0.25, -0.2) is 18.4 Å². The third-order valence-electron chi connectivity index (χ3n) is 4.35. The molecule has 0 unspecified atom stereocenters. The zero-order chi connectivity index (χ0) is 20.4. The molecule has 2 heterocycles. The topological polar surface area (TPSA) is 110 Å². The number of sulfonamides is 1. The fourth-order valence-corrected chi connectivity index (χ4v) is 4.63. The van der Waals surface area contributed by atoms with Crippen LogP contribution in [0.2, 0.25) is 0 Å². The van der Waals surface area contributed by atoms with Crippen LogP contribution >= 0.6 is 11.7 Å². The van der Waals surface area contributed by atoms with Crippen LogP contribution in [-0.4, -0.2) is 33.7 Å². The monoisotopic (exact) mass is 428 g/mol. The average molecular weight is 429 g/mol.